The molecule has 1 amide bonds. The summed E-state index contributed by atoms with van der Waals surface area (Å²) in [5.74, 6) is -0.176. The van der Waals surface area contributed by atoms with Crippen molar-refractivity contribution in [2.75, 3.05) is 0 Å². The summed E-state index contributed by atoms with van der Waals surface area (Å²) in [5.41, 5.74) is 3.56. The highest BCUT2D eigenvalue weighted by Gasteiger charge is 2.09. The molecule has 6 nitrogen and oxygen atoms in total. The van der Waals surface area contributed by atoms with Crippen LogP contribution in [-0.2, 0) is 19.6 Å². The Morgan fingerprint density at radius 2 is 1.58 bits per heavy atom. The van der Waals surface area contributed by atoms with Gasteiger partial charge in [-0.3, -0.25) is 14.3 Å². The lowest BCUT2D eigenvalue weighted by Gasteiger charge is -2.07. The largest absolute Gasteiger partial charge is 0.348 e. The van der Waals surface area contributed by atoms with Crippen molar-refractivity contribution in [3.63, 3.8) is 0 Å². The van der Waals surface area contributed by atoms with Crippen LogP contribution in [0.4, 0.5) is 0 Å². The number of pyridine rings is 1. The van der Waals surface area contributed by atoms with Crippen LogP contribution in [0.5, 0.6) is 0 Å². The lowest BCUT2D eigenvalue weighted by Crippen LogP contribution is -2.22. The van der Waals surface area contributed by atoms with Crippen molar-refractivity contribution < 1.29 is 4.79 Å². The van der Waals surface area contributed by atoms with E-state index >= 15 is 0 Å². The molecule has 0 aliphatic rings. The maximum atomic E-state index is 12.4. The second-order valence-corrected chi connectivity index (χ2v) is 7.66. The van der Waals surface area contributed by atoms with Crippen molar-refractivity contribution in [2.45, 2.75) is 19.6 Å². The molecule has 0 radical (unpaired) electrons. The van der Waals surface area contributed by atoms with E-state index in [0.29, 0.717) is 30.2 Å². The fourth-order valence-corrected chi connectivity index (χ4v) is 3.31. The molecule has 0 saturated carbocycles. The van der Waals surface area contributed by atoms with Crippen molar-refractivity contribution in [2.24, 2.45) is 0 Å². The first-order chi connectivity index (χ1) is 15.1. The Morgan fingerprint density at radius 3 is 2.29 bits per heavy atom. The van der Waals surface area contributed by atoms with Crippen LogP contribution in [0.25, 0.3) is 0 Å². The standard InChI is InChI=1S/C24H21ClN4O2/c25-22-10-8-18(9-11-22)13-26-24(31)21-14-27-29(17-21)16-20-6-4-19(5-7-20)15-28-12-2-1-3-23(28)30/h1-12,14,17H,13,15-16H2,(H,26,31). The highest BCUT2D eigenvalue weighted by Crippen LogP contribution is 2.10. The normalized spacial score (nSPS) is 10.7. The maximum absolute atomic E-state index is 12.4. The van der Waals surface area contributed by atoms with Gasteiger partial charge in [-0.2, -0.15) is 5.10 Å². The Kier molecular flexibility index (Phi) is 6.29. The number of rotatable bonds is 7. The fraction of sp³-hybridized carbons (Fsp3) is 0.125. The Balaban J connectivity index is 1.34. The van der Waals surface area contributed by atoms with E-state index in [2.05, 4.69) is 10.4 Å². The summed E-state index contributed by atoms with van der Waals surface area (Å²) < 4.78 is 3.39. The summed E-state index contributed by atoms with van der Waals surface area (Å²) >= 11 is 5.88. The molecule has 2 heterocycles. The van der Waals surface area contributed by atoms with Gasteiger partial charge in [0.25, 0.3) is 11.5 Å². The molecule has 0 aliphatic heterocycles. The highest BCUT2D eigenvalue weighted by atomic mass is 35.5. The number of aromatic nitrogens is 3. The number of carbonyl (C=O) groups excluding carboxylic acids is 1. The molecule has 0 atom stereocenters. The number of carbonyl (C=O) groups is 1. The van der Waals surface area contributed by atoms with E-state index in [1.807, 2.05) is 42.5 Å². The first kappa shape index (κ1) is 20.6. The van der Waals surface area contributed by atoms with E-state index in [-0.39, 0.29) is 11.5 Å². The summed E-state index contributed by atoms with van der Waals surface area (Å²) in [6.07, 6.45) is 5.07. The van der Waals surface area contributed by atoms with Gasteiger partial charge in [0.05, 0.1) is 24.8 Å². The van der Waals surface area contributed by atoms with Crippen molar-refractivity contribution >= 4 is 17.5 Å². The molecule has 7 heteroatoms. The first-order valence-corrected chi connectivity index (χ1v) is 10.2. The van der Waals surface area contributed by atoms with Gasteiger partial charge >= 0.3 is 0 Å². The Labute approximate surface area is 184 Å². The molecule has 1 N–H and O–H groups in total. The third-order valence-corrected chi connectivity index (χ3v) is 5.13. The van der Waals surface area contributed by atoms with Gasteiger partial charge in [-0.25, -0.2) is 0 Å². The molecular formula is C24H21ClN4O2. The molecule has 0 fully saturated rings. The van der Waals surface area contributed by atoms with Gasteiger partial charge in [0.15, 0.2) is 0 Å². The molecule has 0 saturated heterocycles. The molecule has 0 bridgehead atoms. The molecule has 2 aromatic carbocycles. The first-order valence-electron chi connectivity index (χ1n) is 9.85. The average Bonchev–Trinajstić information content (AvgIpc) is 3.25. The Hall–Kier alpha value is -3.64. The Bertz CT molecular complexity index is 1230. The van der Waals surface area contributed by atoms with E-state index in [4.69, 9.17) is 11.6 Å². The van der Waals surface area contributed by atoms with Crippen molar-refractivity contribution in [3.05, 3.63) is 123 Å². The number of benzene rings is 2. The van der Waals surface area contributed by atoms with Crippen LogP contribution in [0.3, 0.4) is 0 Å². The zero-order valence-corrected chi connectivity index (χ0v) is 17.5. The second kappa shape index (κ2) is 9.45. The van der Waals surface area contributed by atoms with Crippen molar-refractivity contribution in [1.29, 1.82) is 0 Å². The quantitative estimate of drug-likeness (QED) is 0.484. The van der Waals surface area contributed by atoms with Gasteiger partial charge in [-0.05, 0) is 34.9 Å². The van der Waals surface area contributed by atoms with E-state index in [0.717, 1.165) is 16.7 Å². The second-order valence-electron chi connectivity index (χ2n) is 7.22. The molecule has 0 unspecified atom stereocenters. The molecule has 156 valence electrons. The van der Waals surface area contributed by atoms with E-state index in [1.165, 1.54) is 0 Å². The minimum atomic E-state index is -0.176. The smallest absolute Gasteiger partial charge is 0.254 e. The summed E-state index contributed by atoms with van der Waals surface area (Å²) in [5, 5.41) is 7.84. The zero-order valence-electron chi connectivity index (χ0n) is 16.7. The van der Waals surface area contributed by atoms with Gasteiger partial charge in [0.1, 0.15) is 0 Å². The van der Waals surface area contributed by atoms with Crippen LogP contribution in [-0.4, -0.2) is 20.3 Å². The molecule has 31 heavy (non-hydrogen) atoms. The lowest BCUT2D eigenvalue weighted by molar-refractivity contribution is 0.0951. The summed E-state index contributed by atoms with van der Waals surface area (Å²) in [7, 11) is 0. The van der Waals surface area contributed by atoms with Gasteiger partial charge in [-0.1, -0.05) is 54.1 Å². The van der Waals surface area contributed by atoms with Crippen molar-refractivity contribution in [3.8, 4) is 0 Å². The SMILES string of the molecule is O=C(NCc1ccc(Cl)cc1)c1cnn(Cc2ccc(Cn3ccccc3=O)cc2)c1. The monoisotopic (exact) mass is 432 g/mol. The van der Waals surface area contributed by atoms with Crippen LogP contribution in [0, 0.1) is 0 Å². The average molecular weight is 433 g/mol. The van der Waals surface area contributed by atoms with E-state index in [1.54, 1.807) is 52.1 Å². The van der Waals surface area contributed by atoms with Crippen LogP contribution >= 0.6 is 11.6 Å². The molecule has 0 aliphatic carbocycles. The number of amides is 1. The van der Waals surface area contributed by atoms with Gasteiger partial charge in [0, 0.05) is 30.0 Å². The summed E-state index contributed by atoms with van der Waals surface area (Å²) in [6, 6.07) is 20.5. The topological polar surface area (TPSA) is 68.9 Å². The fourth-order valence-electron chi connectivity index (χ4n) is 3.18. The number of halogens is 1. The lowest BCUT2D eigenvalue weighted by atomic mass is 10.1. The third-order valence-electron chi connectivity index (χ3n) is 4.88. The Morgan fingerprint density at radius 1 is 0.903 bits per heavy atom. The van der Waals surface area contributed by atoms with Crippen LogP contribution in [0.2, 0.25) is 5.02 Å². The molecule has 0 spiro atoms. The molecule has 4 rings (SSSR count). The molecular weight excluding hydrogens is 412 g/mol. The predicted octanol–water partition coefficient (Wildman–Crippen LogP) is 3.72. The number of nitrogens with one attached hydrogen (secondary N) is 1. The van der Waals surface area contributed by atoms with Gasteiger partial charge in [0.2, 0.25) is 0 Å². The van der Waals surface area contributed by atoms with E-state index in [9.17, 15) is 9.59 Å². The minimum absolute atomic E-state index is 0.0232. The van der Waals surface area contributed by atoms with Crippen LogP contribution < -0.4 is 10.9 Å². The summed E-state index contributed by atoms with van der Waals surface area (Å²) in [4.78, 5) is 24.2. The van der Waals surface area contributed by atoms with Crippen LogP contribution in [0.15, 0.2) is 90.1 Å². The number of hydrogen-bond donors (Lipinski definition) is 1. The molecule has 2 aromatic heterocycles. The maximum Gasteiger partial charge on any atom is 0.254 e. The number of nitrogens with zero attached hydrogens (tertiary/aromatic N) is 3. The zero-order chi connectivity index (χ0) is 21.6. The van der Waals surface area contributed by atoms with Gasteiger partial charge in [-0.15, -0.1) is 0 Å². The predicted molar refractivity (Wildman–Crippen MR) is 120 cm³/mol. The highest BCUT2D eigenvalue weighted by molar-refractivity contribution is 6.30. The summed E-state index contributed by atoms with van der Waals surface area (Å²) in [6.45, 7) is 1.50. The van der Waals surface area contributed by atoms with E-state index < -0.39 is 0 Å². The van der Waals surface area contributed by atoms with Crippen LogP contribution in [0.1, 0.15) is 27.0 Å². The number of hydrogen-bond acceptors (Lipinski definition) is 3. The third kappa shape index (κ3) is 5.49. The molecule has 4 aromatic rings. The van der Waals surface area contributed by atoms with Gasteiger partial charge < -0.3 is 9.88 Å². The van der Waals surface area contributed by atoms with Crippen molar-refractivity contribution in [1.82, 2.24) is 19.7 Å². The minimum Gasteiger partial charge on any atom is -0.348 e.